The van der Waals surface area contributed by atoms with Crippen molar-refractivity contribution in [2.24, 2.45) is 0 Å². The molecule has 1 unspecified atom stereocenters. The fraction of sp³-hybridized carbons (Fsp3) is 0.400. The van der Waals surface area contributed by atoms with Gasteiger partial charge in [0.05, 0.1) is 5.56 Å². The van der Waals surface area contributed by atoms with Crippen LogP contribution in [0.25, 0.3) is 0 Å². The minimum absolute atomic E-state index is 0. The fourth-order valence-electron chi connectivity index (χ4n) is 1.58. The smallest absolute Gasteiger partial charge is 0.253 e. The molecule has 1 amide bonds. The highest BCUT2D eigenvalue weighted by Crippen LogP contribution is 2.10. The number of carbonyl (C=O) groups excluding carboxylic acids is 1. The number of hydrogen-bond donors (Lipinski definition) is 2. The molecule has 4 nitrogen and oxygen atoms in total. The summed E-state index contributed by atoms with van der Waals surface area (Å²) in [6, 6.07) is 2.02. The lowest BCUT2D eigenvalue weighted by Gasteiger charge is -2.10. The number of aromatic nitrogens is 1. The molecular weight excluding hydrogens is 329 g/mol. The van der Waals surface area contributed by atoms with Gasteiger partial charge in [-0.15, -0.1) is 24.8 Å². The van der Waals surface area contributed by atoms with E-state index in [-0.39, 0.29) is 36.8 Å². The summed E-state index contributed by atoms with van der Waals surface area (Å²) in [4.78, 5) is 15.7. The molecule has 17 heavy (non-hydrogen) atoms. The van der Waals surface area contributed by atoms with E-state index in [9.17, 15) is 4.79 Å². The Bertz CT molecular complexity index is 372. The van der Waals surface area contributed by atoms with Gasteiger partial charge >= 0.3 is 0 Å². The van der Waals surface area contributed by atoms with E-state index in [4.69, 9.17) is 0 Å². The molecule has 0 bridgehead atoms. The van der Waals surface area contributed by atoms with Crippen molar-refractivity contribution < 1.29 is 4.79 Å². The van der Waals surface area contributed by atoms with Crippen LogP contribution in [0.15, 0.2) is 22.9 Å². The monoisotopic (exact) mass is 341 g/mol. The van der Waals surface area contributed by atoms with Crippen molar-refractivity contribution in [2.45, 2.75) is 12.5 Å². The van der Waals surface area contributed by atoms with Crippen LogP contribution in [-0.4, -0.2) is 30.0 Å². The van der Waals surface area contributed by atoms with Gasteiger partial charge in [-0.1, -0.05) is 0 Å². The second-order valence-corrected chi connectivity index (χ2v) is 4.47. The molecule has 2 N–H and O–H groups in total. The molecule has 0 saturated carbocycles. The Morgan fingerprint density at radius 3 is 2.82 bits per heavy atom. The minimum Gasteiger partial charge on any atom is -0.348 e. The van der Waals surface area contributed by atoms with Gasteiger partial charge in [0.2, 0.25) is 0 Å². The Morgan fingerprint density at radius 2 is 2.24 bits per heavy atom. The molecule has 0 radical (unpaired) electrons. The third-order valence-corrected chi connectivity index (χ3v) is 2.80. The molecule has 1 fully saturated rings. The minimum atomic E-state index is -0.0579. The summed E-state index contributed by atoms with van der Waals surface area (Å²) >= 11 is 3.29. The number of nitrogens with zero attached hydrogens (tertiary/aromatic N) is 1. The standard InChI is InChI=1S/C10H12BrN3O.2ClH/c11-8-3-7(4-13-5-8)10(15)14-9-1-2-12-6-9;;/h3-5,9,12H,1-2,6H2,(H,14,15);2*1H. The lowest BCUT2D eigenvalue weighted by molar-refractivity contribution is 0.0939. The lowest BCUT2D eigenvalue weighted by atomic mass is 10.2. The average molecular weight is 343 g/mol. The molecule has 0 aliphatic carbocycles. The van der Waals surface area contributed by atoms with E-state index < -0.39 is 0 Å². The summed E-state index contributed by atoms with van der Waals surface area (Å²) in [5.41, 5.74) is 0.594. The molecule has 2 heterocycles. The van der Waals surface area contributed by atoms with Crippen LogP contribution in [0.3, 0.4) is 0 Å². The largest absolute Gasteiger partial charge is 0.348 e. The van der Waals surface area contributed by atoms with E-state index in [1.165, 1.54) is 0 Å². The van der Waals surface area contributed by atoms with Crippen molar-refractivity contribution in [3.63, 3.8) is 0 Å². The van der Waals surface area contributed by atoms with E-state index >= 15 is 0 Å². The molecule has 1 aromatic rings. The highest BCUT2D eigenvalue weighted by Gasteiger charge is 2.17. The summed E-state index contributed by atoms with van der Waals surface area (Å²) in [5, 5.41) is 6.16. The molecule has 1 aliphatic heterocycles. The maximum atomic E-state index is 11.8. The number of carbonyl (C=O) groups is 1. The van der Waals surface area contributed by atoms with Gasteiger partial charge in [-0.25, -0.2) is 0 Å². The van der Waals surface area contributed by atoms with Crippen LogP contribution in [-0.2, 0) is 0 Å². The van der Waals surface area contributed by atoms with E-state index in [1.54, 1.807) is 18.5 Å². The zero-order valence-electron chi connectivity index (χ0n) is 8.98. The number of halogens is 3. The van der Waals surface area contributed by atoms with Crippen LogP contribution in [0.5, 0.6) is 0 Å². The van der Waals surface area contributed by atoms with Crippen molar-refractivity contribution in [1.82, 2.24) is 15.6 Å². The zero-order valence-corrected chi connectivity index (χ0v) is 12.2. The van der Waals surface area contributed by atoms with Crippen molar-refractivity contribution in [3.8, 4) is 0 Å². The number of pyridine rings is 1. The molecule has 7 heteroatoms. The molecule has 1 atom stereocenters. The van der Waals surface area contributed by atoms with E-state index in [0.717, 1.165) is 24.0 Å². The second kappa shape index (κ2) is 7.87. The first-order valence-electron chi connectivity index (χ1n) is 4.88. The Hall–Kier alpha value is -0.360. The predicted octanol–water partition coefficient (Wildman–Crippen LogP) is 1.78. The SMILES string of the molecule is Cl.Cl.O=C(NC1CCNC1)c1cncc(Br)c1. The number of amides is 1. The average Bonchev–Trinajstić information content (AvgIpc) is 2.70. The van der Waals surface area contributed by atoms with E-state index in [1.807, 2.05) is 0 Å². The molecule has 1 aliphatic rings. The van der Waals surface area contributed by atoms with Crippen LogP contribution >= 0.6 is 40.7 Å². The Kier molecular flexibility index (Phi) is 7.70. The topological polar surface area (TPSA) is 54.0 Å². The summed E-state index contributed by atoms with van der Waals surface area (Å²) in [7, 11) is 0. The van der Waals surface area contributed by atoms with Gasteiger partial charge in [0.25, 0.3) is 5.91 Å². The second-order valence-electron chi connectivity index (χ2n) is 3.56. The van der Waals surface area contributed by atoms with Crippen molar-refractivity contribution in [3.05, 3.63) is 28.5 Å². The Balaban J connectivity index is 0.00000128. The van der Waals surface area contributed by atoms with Crippen LogP contribution < -0.4 is 10.6 Å². The molecular formula is C10H14BrCl2N3O. The molecule has 2 rings (SSSR count). The van der Waals surface area contributed by atoms with Crippen LogP contribution in [0.1, 0.15) is 16.8 Å². The van der Waals surface area contributed by atoms with Crippen LogP contribution in [0.4, 0.5) is 0 Å². The predicted molar refractivity (Wildman–Crippen MR) is 75.2 cm³/mol. The molecule has 96 valence electrons. The van der Waals surface area contributed by atoms with Crippen LogP contribution in [0.2, 0.25) is 0 Å². The maximum absolute atomic E-state index is 11.8. The first kappa shape index (κ1) is 16.6. The quantitative estimate of drug-likeness (QED) is 0.861. The molecule has 0 spiro atoms. The molecule has 1 aromatic heterocycles. The van der Waals surface area contributed by atoms with Gasteiger partial charge < -0.3 is 10.6 Å². The zero-order chi connectivity index (χ0) is 10.7. The first-order chi connectivity index (χ1) is 7.25. The van der Waals surface area contributed by atoms with Gasteiger partial charge in [-0.3, -0.25) is 9.78 Å². The van der Waals surface area contributed by atoms with Gasteiger partial charge in [-0.05, 0) is 35.0 Å². The Morgan fingerprint density at radius 1 is 1.47 bits per heavy atom. The lowest BCUT2D eigenvalue weighted by Crippen LogP contribution is -2.36. The van der Waals surface area contributed by atoms with Crippen LogP contribution in [0, 0.1) is 0 Å². The summed E-state index contributed by atoms with van der Waals surface area (Å²) in [6.45, 7) is 1.83. The first-order valence-corrected chi connectivity index (χ1v) is 5.67. The van der Waals surface area contributed by atoms with Crippen molar-refractivity contribution >= 4 is 46.7 Å². The molecule has 1 saturated heterocycles. The number of rotatable bonds is 2. The Labute approximate surface area is 121 Å². The third-order valence-electron chi connectivity index (χ3n) is 2.36. The van der Waals surface area contributed by atoms with Gasteiger partial charge in [-0.2, -0.15) is 0 Å². The highest BCUT2D eigenvalue weighted by molar-refractivity contribution is 9.10. The van der Waals surface area contributed by atoms with Gasteiger partial charge in [0.15, 0.2) is 0 Å². The number of hydrogen-bond acceptors (Lipinski definition) is 3. The van der Waals surface area contributed by atoms with Gasteiger partial charge in [0, 0.05) is 29.5 Å². The summed E-state index contributed by atoms with van der Waals surface area (Å²) < 4.78 is 0.819. The summed E-state index contributed by atoms with van der Waals surface area (Å²) in [6.07, 6.45) is 4.23. The molecule has 0 aromatic carbocycles. The van der Waals surface area contributed by atoms with E-state index in [0.29, 0.717) is 5.56 Å². The van der Waals surface area contributed by atoms with Crippen molar-refractivity contribution in [1.29, 1.82) is 0 Å². The maximum Gasteiger partial charge on any atom is 0.253 e. The number of nitrogens with one attached hydrogen (secondary N) is 2. The summed E-state index contributed by atoms with van der Waals surface area (Å²) in [5.74, 6) is -0.0579. The van der Waals surface area contributed by atoms with Gasteiger partial charge in [0.1, 0.15) is 0 Å². The van der Waals surface area contributed by atoms with Crippen molar-refractivity contribution in [2.75, 3.05) is 13.1 Å². The highest BCUT2D eigenvalue weighted by atomic mass is 79.9. The van der Waals surface area contributed by atoms with E-state index in [2.05, 4.69) is 31.5 Å². The fourth-order valence-corrected chi connectivity index (χ4v) is 1.95. The normalized spacial score (nSPS) is 17.8. The third kappa shape index (κ3) is 4.79.